The van der Waals surface area contributed by atoms with Crippen LogP contribution in [-0.2, 0) is 9.47 Å². The van der Waals surface area contributed by atoms with Gasteiger partial charge in [0.05, 0.1) is 18.3 Å². The fourth-order valence-corrected chi connectivity index (χ4v) is 5.91. The molecular weight excluding hydrogens is 328 g/mol. The zero-order chi connectivity index (χ0) is 18.2. The number of allylic oxidation sites excluding steroid dienone is 1. The highest BCUT2D eigenvalue weighted by Gasteiger charge is 2.74. The third-order valence-corrected chi connectivity index (χ3v) is 7.72. The van der Waals surface area contributed by atoms with E-state index in [9.17, 15) is 25.5 Å². The first-order chi connectivity index (χ1) is 11.7. The minimum Gasteiger partial charge on any atom is -0.394 e. The van der Waals surface area contributed by atoms with Gasteiger partial charge in [0.25, 0.3) is 0 Å². The van der Waals surface area contributed by atoms with Gasteiger partial charge in [-0.25, -0.2) is 0 Å². The smallest absolute Gasteiger partial charge is 0.187 e. The predicted octanol–water partition coefficient (Wildman–Crippen LogP) is -0.701. The van der Waals surface area contributed by atoms with Crippen LogP contribution in [0.5, 0.6) is 0 Å². The highest BCUT2D eigenvalue weighted by atomic mass is 16.7. The number of ether oxygens (including phenoxy) is 2. The van der Waals surface area contributed by atoms with Crippen molar-refractivity contribution in [2.45, 2.75) is 75.5 Å². The van der Waals surface area contributed by atoms with E-state index in [0.717, 1.165) is 6.42 Å². The van der Waals surface area contributed by atoms with Gasteiger partial charge in [-0.1, -0.05) is 26.0 Å². The lowest BCUT2D eigenvalue weighted by atomic mass is 9.59. The third kappa shape index (κ3) is 2.06. The predicted molar refractivity (Wildman–Crippen MR) is 86.3 cm³/mol. The Kier molecular flexibility index (Phi) is 3.92. The largest absolute Gasteiger partial charge is 0.394 e. The summed E-state index contributed by atoms with van der Waals surface area (Å²) in [5.41, 5.74) is -1.13. The van der Waals surface area contributed by atoms with E-state index < -0.39 is 42.9 Å². The van der Waals surface area contributed by atoms with Crippen molar-refractivity contribution < 1.29 is 35.0 Å². The average molecular weight is 356 g/mol. The van der Waals surface area contributed by atoms with Crippen LogP contribution in [0, 0.1) is 16.7 Å². The van der Waals surface area contributed by atoms with Crippen LogP contribution in [0.3, 0.4) is 0 Å². The van der Waals surface area contributed by atoms with Gasteiger partial charge in [0.15, 0.2) is 6.29 Å². The lowest BCUT2D eigenvalue weighted by Crippen LogP contribution is -2.62. The maximum absolute atomic E-state index is 10.5. The Morgan fingerprint density at radius 2 is 1.80 bits per heavy atom. The molecule has 25 heavy (non-hydrogen) atoms. The molecule has 7 nitrogen and oxygen atoms in total. The normalized spacial score (nSPS) is 60.2. The van der Waals surface area contributed by atoms with Crippen molar-refractivity contribution in [3.05, 3.63) is 12.2 Å². The van der Waals surface area contributed by atoms with Crippen molar-refractivity contribution in [3.63, 3.8) is 0 Å². The Morgan fingerprint density at radius 3 is 2.48 bits per heavy atom. The van der Waals surface area contributed by atoms with E-state index in [-0.39, 0.29) is 22.9 Å². The molecule has 1 heterocycles. The van der Waals surface area contributed by atoms with Gasteiger partial charge < -0.3 is 35.0 Å². The summed E-state index contributed by atoms with van der Waals surface area (Å²) in [6, 6.07) is 0. The summed E-state index contributed by atoms with van der Waals surface area (Å²) in [5.74, 6) is 0.0948. The second kappa shape index (κ2) is 5.48. The van der Waals surface area contributed by atoms with E-state index in [1.807, 2.05) is 6.08 Å². The second-order valence-corrected chi connectivity index (χ2v) is 8.64. The summed E-state index contributed by atoms with van der Waals surface area (Å²) in [4.78, 5) is 0. The van der Waals surface area contributed by atoms with Crippen molar-refractivity contribution in [2.24, 2.45) is 16.7 Å². The highest BCUT2D eigenvalue weighted by molar-refractivity contribution is 5.32. The molecule has 0 amide bonds. The van der Waals surface area contributed by atoms with E-state index in [4.69, 9.17) is 9.47 Å². The zero-order valence-corrected chi connectivity index (χ0v) is 14.6. The van der Waals surface area contributed by atoms with Gasteiger partial charge in [0, 0.05) is 5.41 Å². The van der Waals surface area contributed by atoms with Gasteiger partial charge in [0.2, 0.25) is 0 Å². The Bertz CT molecular complexity index is 580. The summed E-state index contributed by atoms with van der Waals surface area (Å²) in [7, 11) is 0. The Balaban J connectivity index is 1.64. The molecule has 3 fully saturated rings. The van der Waals surface area contributed by atoms with Crippen molar-refractivity contribution in [1.29, 1.82) is 0 Å². The number of hydrogen-bond acceptors (Lipinski definition) is 7. The molecule has 0 spiro atoms. The first-order valence-corrected chi connectivity index (χ1v) is 9.03. The standard InChI is InChI=1S/C18H28O7/c1-16-4-3-5-18(6-9(16)10(20)7-17(16,18)2)25-15-14(23)13(22)12(21)11(8-19)24-15/h3,5,9-15,19-23H,4,6-8H2,1-2H3. The average Bonchev–Trinajstić information content (AvgIpc) is 2.79. The quantitative estimate of drug-likeness (QED) is 0.424. The van der Waals surface area contributed by atoms with Crippen LogP contribution in [0.25, 0.3) is 0 Å². The monoisotopic (exact) mass is 356 g/mol. The second-order valence-electron chi connectivity index (χ2n) is 8.64. The van der Waals surface area contributed by atoms with E-state index in [2.05, 4.69) is 19.9 Å². The molecule has 4 aliphatic rings. The maximum atomic E-state index is 10.5. The Morgan fingerprint density at radius 1 is 1.08 bits per heavy atom. The van der Waals surface area contributed by atoms with E-state index in [0.29, 0.717) is 12.8 Å². The molecule has 0 aromatic carbocycles. The van der Waals surface area contributed by atoms with Gasteiger partial charge in [-0.3, -0.25) is 0 Å². The molecule has 10 atom stereocenters. The van der Waals surface area contributed by atoms with Crippen LogP contribution >= 0.6 is 0 Å². The highest BCUT2D eigenvalue weighted by Crippen LogP contribution is 2.74. The van der Waals surface area contributed by atoms with Crippen molar-refractivity contribution >= 4 is 0 Å². The Labute approximate surface area is 146 Å². The third-order valence-electron chi connectivity index (χ3n) is 7.72. The summed E-state index contributed by atoms with van der Waals surface area (Å²) in [6.07, 6.45) is -0.640. The fourth-order valence-electron chi connectivity index (χ4n) is 5.91. The minimum absolute atomic E-state index is 0.0948. The lowest BCUT2D eigenvalue weighted by molar-refractivity contribution is -0.334. The Hall–Kier alpha value is -0.540. The summed E-state index contributed by atoms with van der Waals surface area (Å²) in [5, 5.41) is 50.1. The van der Waals surface area contributed by atoms with E-state index in [1.165, 1.54) is 0 Å². The van der Waals surface area contributed by atoms with Crippen LogP contribution < -0.4 is 0 Å². The molecule has 0 aromatic rings. The number of hydrogen-bond donors (Lipinski definition) is 5. The lowest BCUT2D eigenvalue weighted by Gasteiger charge is -2.52. The molecule has 142 valence electrons. The molecule has 4 bridgehead atoms. The fraction of sp³-hybridized carbons (Fsp3) is 0.889. The number of aliphatic hydroxyl groups excluding tert-OH is 5. The molecule has 0 radical (unpaired) electrons. The summed E-state index contributed by atoms with van der Waals surface area (Å²) < 4.78 is 11.8. The van der Waals surface area contributed by atoms with Gasteiger partial charge in [0.1, 0.15) is 24.4 Å². The summed E-state index contributed by atoms with van der Waals surface area (Å²) in [6.45, 7) is 3.80. The van der Waals surface area contributed by atoms with Crippen molar-refractivity contribution in [1.82, 2.24) is 0 Å². The molecule has 10 unspecified atom stereocenters. The zero-order valence-electron chi connectivity index (χ0n) is 14.6. The number of rotatable bonds is 3. The molecule has 0 aromatic heterocycles. The van der Waals surface area contributed by atoms with Gasteiger partial charge in [-0.2, -0.15) is 0 Å². The summed E-state index contributed by atoms with van der Waals surface area (Å²) >= 11 is 0. The molecule has 2 saturated carbocycles. The van der Waals surface area contributed by atoms with Crippen molar-refractivity contribution in [3.8, 4) is 0 Å². The van der Waals surface area contributed by atoms with Crippen molar-refractivity contribution in [2.75, 3.05) is 6.61 Å². The molecule has 5 N–H and O–H groups in total. The van der Waals surface area contributed by atoms with Crippen LogP contribution in [0.4, 0.5) is 0 Å². The van der Waals surface area contributed by atoms with E-state index >= 15 is 0 Å². The topological polar surface area (TPSA) is 120 Å². The molecule has 4 rings (SSSR count). The molecule has 1 saturated heterocycles. The van der Waals surface area contributed by atoms with Crippen LogP contribution in [0.15, 0.2) is 12.2 Å². The van der Waals surface area contributed by atoms with Gasteiger partial charge >= 0.3 is 0 Å². The van der Waals surface area contributed by atoms with Crippen LogP contribution in [0.2, 0.25) is 0 Å². The van der Waals surface area contributed by atoms with Gasteiger partial charge in [-0.05, 0) is 30.6 Å². The SMILES string of the molecule is CC12CC=CC3(OC4OC(CO)C(O)C(O)C4O)CC1C(O)CC32C. The van der Waals surface area contributed by atoms with Gasteiger partial charge in [-0.15, -0.1) is 0 Å². The maximum Gasteiger partial charge on any atom is 0.187 e. The first kappa shape index (κ1) is 17.9. The van der Waals surface area contributed by atoms with Crippen LogP contribution in [0.1, 0.15) is 33.1 Å². The molecule has 3 aliphatic carbocycles. The first-order valence-electron chi connectivity index (χ1n) is 9.03. The molecular formula is C18H28O7. The van der Waals surface area contributed by atoms with E-state index in [1.54, 1.807) is 0 Å². The van der Waals surface area contributed by atoms with Crippen LogP contribution in [-0.4, -0.2) is 74.6 Å². The minimum atomic E-state index is -1.46. The molecule has 1 aliphatic heterocycles. The number of aliphatic hydroxyl groups is 5. The molecule has 7 heteroatoms.